The highest BCUT2D eigenvalue weighted by Gasteiger charge is 2.29. The summed E-state index contributed by atoms with van der Waals surface area (Å²) in [5.41, 5.74) is 4.25. The molecule has 1 aliphatic heterocycles. The minimum atomic E-state index is -0.516. The molecule has 0 radical (unpaired) electrons. The van der Waals surface area contributed by atoms with E-state index < -0.39 is 6.04 Å². The first-order chi connectivity index (χ1) is 18.7. The van der Waals surface area contributed by atoms with Crippen LogP contribution in [-0.4, -0.2) is 43.2 Å². The summed E-state index contributed by atoms with van der Waals surface area (Å²) in [6, 6.07) is 38.1. The van der Waals surface area contributed by atoms with Crippen molar-refractivity contribution in [3.63, 3.8) is 0 Å². The summed E-state index contributed by atoms with van der Waals surface area (Å²) in [4.78, 5) is 17.6. The molecule has 1 saturated heterocycles. The molecule has 38 heavy (non-hydrogen) atoms. The predicted molar refractivity (Wildman–Crippen MR) is 152 cm³/mol. The number of rotatable bonds is 10. The Hall–Kier alpha value is -4.09. The second-order valence-electron chi connectivity index (χ2n) is 9.68. The first-order valence-electron chi connectivity index (χ1n) is 13.2. The van der Waals surface area contributed by atoms with Crippen molar-refractivity contribution in [3.8, 4) is 5.75 Å². The fourth-order valence-electron chi connectivity index (χ4n) is 5.10. The summed E-state index contributed by atoms with van der Waals surface area (Å²) < 4.78 is 11.6. The van der Waals surface area contributed by atoms with Crippen molar-refractivity contribution in [1.82, 2.24) is 4.90 Å². The van der Waals surface area contributed by atoms with Crippen LogP contribution < -0.4 is 9.64 Å². The van der Waals surface area contributed by atoms with Gasteiger partial charge >= 0.3 is 5.97 Å². The lowest BCUT2D eigenvalue weighted by molar-refractivity contribution is -0.142. The molecule has 4 aromatic carbocycles. The van der Waals surface area contributed by atoms with Gasteiger partial charge in [0.1, 0.15) is 17.9 Å². The first kappa shape index (κ1) is 25.6. The molecule has 5 nitrogen and oxygen atoms in total. The highest BCUT2D eigenvalue weighted by Crippen LogP contribution is 2.30. The Kier molecular flexibility index (Phi) is 8.36. The summed E-state index contributed by atoms with van der Waals surface area (Å²) >= 11 is 0. The van der Waals surface area contributed by atoms with Crippen molar-refractivity contribution >= 4 is 17.3 Å². The summed E-state index contributed by atoms with van der Waals surface area (Å²) in [7, 11) is 1.45. The molecule has 5 heteroatoms. The monoisotopic (exact) mass is 506 g/mol. The van der Waals surface area contributed by atoms with Crippen LogP contribution in [0.2, 0.25) is 0 Å². The van der Waals surface area contributed by atoms with Crippen molar-refractivity contribution < 1.29 is 14.3 Å². The molecule has 0 spiro atoms. The number of benzene rings is 4. The van der Waals surface area contributed by atoms with Crippen molar-refractivity contribution in [3.05, 3.63) is 126 Å². The van der Waals surface area contributed by atoms with E-state index in [1.807, 2.05) is 72.8 Å². The molecule has 0 saturated carbocycles. The van der Waals surface area contributed by atoms with Crippen LogP contribution in [0.5, 0.6) is 5.75 Å². The number of hydrogen-bond acceptors (Lipinski definition) is 5. The Balaban J connectivity index is 1.27. The third-order valence-electron chi connectivity index (χ3n) is 6.99. The smallest absolute Gasteiger partial charge is 0.329 e. The maximum absolute atomic E-state index is 13.1. The number of esters is 1. The van der Waals surface area contributed by atoms with Gasteiger partial charge in [-0.3, -0.25) is 4.90 Å². The average molecular weight is 507 g/mol. The van der Waals surface area contributed by atoms with Gasteiger partial charge in [-0.2, -0.15) is 0 Å². The Labute approximate surface area is 225 Å². The van der Waals surface area contributed by atoms with E-state index in [9.17, 15) is 4.79 Å². The second-order valence-corrected chi connectivity index (χ2v) is 9.68. The van der Waals surface area contributed by atoms with Gasteiger partial charge in [0.25, 0.3) is 0 Å². The van der Waals surface area contributed by atoms with Gasteiger partial charge in [0.2, 0.25) is 0 Å². The highest BCUT2D eigenvalue weighted by molar-refractivity contribution is 5.84. The van der Waals surface area contributed by atoms with Crippen LogP contribution in [0.4, 0.5) is 11.4 Å². The van der Waals surface area contributed by atoms with Crippen LogP contribution >= 0.6 is 0 Å². The molecule has 1 fully saturated rings. The Morgan fingerprint density at radius 3 is 1.97 bits per heavy atom. The van der Waals surface area contributed by atoms with Crippen molar-refractivity contribution in [2.75, 3.05) is 25.1 Å². The zero-order valence-corrected chi connectivity index (χ0v) is 21.8. The number of para-hydroxylation sites is 2. The number of carbonyl (C=O) groups excluding carboxylic acids is 1. The van der Waals surface area contributed by atoms with E-state index in [1.54, 1.807) is 0 Å². The third-order valence-corrected chi connectivity index (χ3v) is 6.99. The molecule has 0 aromatic heterocycles. The van der Waals surface area contributed by atoms with Crippen LogP contribution in [0.25, 0.3) is 0 Å². The Morgan fingerprint density at radius 1 is 0.816 bits per heavy atom. The van der Waals surface area contributed by atoms with E-state index in [0.717, 1.165) is 48.7 Å². The zero-order chi connectivity index (χ0) is 26.2. The van der Waals surface area contributed by atoms with Gasteiger partial charge in [-0.15, -0.1) is 0 Å². The topological polar surface area (TPSA) is 42.0 Å². The number of anilines is 2. The number of methoxy groups -OCH3 is 1. The van der Waals surface area contributed by atoms with Crippen LogP contribution in [0.1, 0.15) is 17.5 Å². The quantitative estimate of drug-likeness (QED) is 0.238. The van der Waals surface area contributed by atoms with E-state index in [-0.39, 0.29) is 12.1 Å². The van der Waals surface area contributed by atoms with E-state index in [4.69, 9.17) is 9.47 Å². The van der Waals surface area contributed by atoms with Crippen LogP contribution in [0.3, 0.4) is 0 Å². The van der Waals surface area contributed by atoms with Crippen LogP contribution in [0.15, 0.2) is 115 Å². The lowest BCUT2D eigenvalue weighted by Crippen LogP contribution is -2.40. The SMILES string of the molecule is COC(=O)C(Cc1ccc(OC2CCN(Cc3ccccc3)C2)cc1)N(c1ccccc1)c1ccccc1. The Morgan fingerprint density at radius 2 is 1.39 bits per heavy atom. The molecule has 5 rings (SSSR count). The van der Waals surface area contributed by atoms with E-state index in [1.165, 1.54) is 12.7 Å². The summed E-state index contributed by atoms with van der Waals surface area (Å²) in [6.45, 7) is 2.91. The molecular formula is C33H34N2O3. The summed E-state index contributed by atoms with van der Waals surface area (Å²) in [5, 5.41) is 0. The van der Waals surface area contributed by atoms with Crippen LogP contribution in [0, 0.1) is 0 Å². The zero-order valence-electron chi connectivity index (χ0n) is 21.8. The highest BCUT2D eigenvalue weighted by atomic mass is 16.5. The molecule has 0 amide bonds. The van der Waals surface area contributed by atoms with Crippen molar-refractivity contribution in [2.45, 2.75) is 31.5 Å². The van der Waals surface area contributed by atoms with Crippen molar-refractivity contribution in [2.24, 2.45) is 0 Å². The first-order valence-corrected chi connectivity index (χ1v) is 13.2. The predicted octanol–water partition coefficient (Wildman–Crippen LogP) is 6.26. The molecule has 1 aliphatic rings. The number of hydrogen-bond donors (Lipinski definition) is 0. The third kappa shape index (κ3) is 6.42. The van der Waals surface area contributed by atoms with Gasteiger partial charge in [-0.25, -0.2) is 4.79 Å². The van der Waals surface area contributed by atoms with Gasteiger partial charge in [0.05, 0.1) is 7.11 Å². The maximum Gasteiger partial charge on any atom is 0.329 e. The molecule has 194 valence electrons. The van der Waals surface area contributed by atoms with Crippen LogP contribution in [-0.2, 0) is 22.5 Å². The lowest BCUT2D eigenvalue weighted by atomic mass is 10.0. The maximum atomic E-state index is 13.1. The minimum absolute atomic E-state index is 0.180. The van der Waals surface area contributed by atoms with Gasteiger partial charge in [-0.05, 0) is 53.9 Å². The number of carbonyl (C=O) groups is 1. The Bertz CT molecular complexity index is 1240. The standard InChI is InChI=1S/C33H34N2O3/c1-37-33(36)32(35(28-13-7-3-8-14-28)29-15-9-4-10-16-29)23-26-17-19-30(20-18-26)38-31-21-22-34(25-31)24-27-11-5-2-6-12-27/h2-20,31-32H,21-25H2,1H3. The van der Waals surface area contributed by atoms with Gasteiger partial charge in [-0.1, -0.05) is 78.9 Å². The largest absolute Gasteiger partial charge is 0.489 e. The fraction of sp³-hybridized carbons (Fsp3) is 0.242. The van der Waals surface area contributed by atoms with E-state index >= 15 is 0 Å². The van der Waals surface area contributed by atoms with E-state index in [0.29, 0.717) is 6.42 Å². The number of ether oxygens (including phenoxy) is 2. The second kappa shape index (κ2) is 12.4. The normalized spacial score (nSPS) is 16.1. The minimum Gasteiger partial charge on any atom is -0.489 e. The molecule has 2 atom stereocenters. The van der Waals surface area contributed by atoms with Crippen molar-refractivity contribution in [1.29, 1.82) is 0 Å². The fourth-order valence-corrected chi connectivity index (χ4v) is 5.10. The molecule has 0 N–H and O–H groups in total. The van der Waals surface area contributed by atoms with Gasteiger partial charge < -0.3 is 14.4 Å². The summed E-state index contributed by atoms with van der Waals surface area (Å²) in [6.07, 6.45) is 1.70. The molecule has 0 aliphatic carbocycles. The summed E-state index contributed by atoms with van der Waals surface area (Å²) in [5.74, 6) is 0.584. The average Bonchev–Trinajstić information content (AvgIpc) is 3.41. The number of likely N-dealkylation sites (tertiary alicyclic amines) is 1. The molecule has 4 aromatic rings. The number of nitrogens with zero attached hydrogens (tertiary/aromatic N) is 2. The molecule has 0 bridgehead atoms. The molecule has 1 heterocycles. The lowest BCUT2D eigenvalue weighted by Gasteiger charge is -2.32. The molecule has 2 unspecified atom stereocenters. The van der Waals surface area contributed by atoms with Gasteiger partial charge in [0, 0.05) is 37.4 Å². The molecular weight excluding hydrogens is 472 g/mol. The van der Waals surface area contributed by atoms with E-state index in [2.05, 4.69) is 52.3 Å². The van der Waals surface area contributed by atoms with Gasteiger partial charge in [0.15, 0.2) is 0 Å².